The van der Waals surface area contributed by atoms with Crippen LogP contribution < -0.4 is 11.1 Å². The fourth-order valence-electron chi connectivity index (χ4n) is 4.34. The van der Waals surface area contributed by atoms with E-state index >= 15 is 0 Å². The number of hydrogen-bond donors (Lipinski definition) is 2. The molecule has 1 fully saturated rings. The van der Waals surface area contributed by atoms with Crippen molar-refractivity contribution in [2.45, 2.75) is 52.1 Å². The van der Waals surface area contributed by atoms with Gasteiger partial charge in [-0.2, -0.15) is 5.10 Å². The third-order valence-corrected chi connectivity index (χ3v) is 6.00. The molecule has 3 aromatic rings. The van der Waals surface area contributed by atoms with Crippen molar-refractivity contribution >= 4 is 41.8 Å². The molecule has 1 aliphatic carbocycles. The summed E-state index contributed by atoms with van der Waals surface area (Å²) in [5.41, 5.74) is 10.2. The first-order valence-corrected chi connectivity index (χ1v) is 10.4. The van der Waals surface area contributed by atoms with Gasteiger partial charge in [-0.15, -0.1) is 24.8 Å². The average Bonchev–Trinajstić information content (AvgIpc) is 3.33. The van der Waals surface area contributed by atoms with Gasteiger partial charge in [0.1, 0.15) is 0 Å². The van der Waals surface area contributed by atoms with Gasteiger partial charge in [-0.3, -0.25) is 4.79 Å². The van der Waals surface area contributed by atoms with Gasteiger partial charge in [0.15, 0.2) is 5.65 Å². The van der Waals surface area contributed by atoms with Gasteiger partial charge in [0, 0.05) is 17.6 Å². The molecule has 3 N–H and O–H groups in total. The number of aromatic nitrogens is 3. The van der Waals surface area contributed by atoms with E-state index in [1.165, 1.54) is 0 Å². The number of nitrogens with two attached hydrogens (primary N) is 1. The van der Waals surface area contributed by atoms with Crippen LogP contribution in [-0.4, -0.2) is 33.3 Å². The Morgan fingerprint density at radius 2 is 2.00 bits per heavy atom. The molecule has 31 heavy (non-hydrogen) atoms. The van der Waals surface area contributed by atoms with Crippen LogP contribution >= 0.6 is 24.8 Å². The summed E-state index contributed by atoms with van der Waals surface area (Å²) in [6, 6.07) is 10.3. The number of carbonyl (C=O) groups is 1. The zero-order valence-corrected chi connectivity index (χ0v) is 19.8. The first kappa shape index (κ1) is 25.1. The molecule has 0 aliphatic heterocycles. The maximum Gasteiger partial charge on any atom is 0.252 e. The molecule has 2 unspecified atom stereocenters. The Kier molecular flexibility index (Phi) is 8.46. The zero-order chi connectivity index (χ0) is 20.5. The van der Waals surface area contributed by atoms with Gasteiger partial charge in [-0.1, -0.05) is 30.7 Å². The third kappa shape index (κ3) is 4.86. The third-order valence-electron chi connectivity index (χ3n) is 6.00. The summed E-state index contributed by atoms with van der Waals surface area (Å²) in [5, 5.41) is 8.54. The lowest BCUT2D eigenvalue weighted by Gasteiger charge is -2.20. The summed E-state index contributed by atoms with van der Waals surface area (Å²) < 4.78 is 1.88. The number of fused-ring (bicyclic) bond motifs is 1. The smallest absolute Gasteiger partial charge is 0.252 e. The number of hydrogen-bond acceptors (Lipinski definition) is 4. The minimum atomic E-state index is -0.0686. The van der Waals surface area contributed by atoms with Crippen LogP contribution in [0, 0.1) is 12.8 Å². The van der Waals surface area contributed by atoms with E-state index in [0.717, 1.165) is 47.1 Å². The molecule has 1 saturated carbocycles. The highest BCUT2D eigenvalue weighted by Crippen LogP contribution is 2.29. The molecule has 2 aromatic heterocycles. The number of benzene rings is 1. The first-order valence-electron chi connectivity index (χ1n) is 10.4. The maximum atomic E-state index is 13.3. The van der Waals surface area contributed by atoms with E-state index in [9.17, 15) is 4.79 Å². The number of amides is 1. The Balaban J connectivity index is 0.00000171. The number of nitrogens with zero attached hydrogens (tertiary/aromatic N) is 3. The van der Waals surface area contributed by atoms with Crippen LogP contribution in [0.2, 0.25) is 0 Å². The van der Waals surface area contributed by atoms with E-state index in [4.69, 9.17) is 10.7 Å². The molecule has 1 aliphatic rings. The van der Waals surface area contributed by atoms with Crippen LogP contribution in [0.5, 0.6) is 0 Å². The molecule has 0 bridgehead atoms. The molecular weight excluding hydrogens is 433 g/mol. The Morgan fingerprint density at radius 1 is 1.26 bits per heavy atom. The number of nitrogens with one attached hydrogen (secondary N) is 1. The second-order valence-corrected chi connectivity index (χ2v) is 8.30. The summed E-state index contributed by atoms with van der Waals surface area (Å²) in [6.07, 6.45) is 4.93. The standard InChI is InChI=1S/C23H29N5O.2ClH/c1-14(2)28-22-19(13-25-28)18(23(29)27-20-10-6-8-16(20)12-24)11-21(26-22)17-9-5-4-7-15(17)3;;/h4-5,7,9,11,13-14,16,20H,6,8,10,12,24H2,1-3H3,(H,27,29);2*1H. The topological polar surface area (TPSA) is 85.8 Å². The van der Waals surface area contributed by atoms with Gasteiger partial charge >= 0.3 is 0 Å². The Bertz CT molecular complexity index is 1050. The predicted octanol–water partition coefficient (Wildman–Crippen LogP) is 4.69. The largest absolute Gasteiger partial charge is 0.349 e. The lowest BCUT2D eigenvalue weighted by molar-refractivity contribution is 0.0930. The molecular formula is C23H31Cl2N5O. The molecule has 2 atom stereocenters. The van der Waals surface area contributed by atoms with Crippen LogP contribution in [0.25, 0.3) is 22.3 Å². The fourth-order valence-corrected chi connectivity index (χ4v) is 4.34. The second-order valence-electron chi connectivity index (χ2n) is 8.30. The molecule has 168 valence electrons. The van der Waals surface area contributed by atoms with Crippen molar-refractivity contribution in [3.8, 4) is 11.3 Å². The zero-order valence-electron chi connectivity index (χ0n) is 18.2. The SMILES string of the molecule is Cc1ccccc1-c1cc(C(=O)NC2CCCC2CN)c2cnn(C(C)C)c2n1.Cl.Cl. The highest BCUT2D eigenvalue weighted by molar-refractivity contribution is 6.06. The first-order chi connectivity index (χ1) is 14.0. The van der Waals surface area contributed by atoms with Gasteiger partial charge in [-0.05, 0) is 57.7 Å². The monoisotopic (exact) mass is 463 g/mol. The highest BCUT2D eigenvalue weighted by Gasteiger charge is 2.29. The minimum absolute atomic E-state index is 0. The molecule has 1 amide bonds. The normalized spacial score (nSPS) is 18.0. The summed E-state index contributed by atoms with van der Waals surface area (Å²) >= 11 is 0. The van der Waals surface area contributed by atoms with Gasteiger partial charge in [0.05, 0.1) is 22.8 Å². The van der Waals surface area contributed by atoms with Crippen molar-refractivity contribution in [2.75, 3.05) is 6.54 Å². The van der Waals surface area contributed by atoms with Crippen molar-refractivity contribution in [1.82, 2.24) is 20.1 Å². The lowest BCUT2D eigenvalue weighted by atomic mass is 10.0. The quantitative estimate of drug-likeness (QED) is 0.574. The van der Waals surface area contributed by atoms with Crippen LogP contribution in [0.3, 0.4) is 0 Å². The predicted molar refractivity (Wildman–Crippen MR) is 130 cm³/mol. The van der Waals surface area contributed by atoms with Crippen LogP contribution in [0.1, 0.15) is 55.1 Å². The van der Waals surface area contributed by atoms with Gasteiger partial charge < -0.3 is 11.1 Å². The van der Waals surface area contributed by atoms with Crippen LogP contribution in [0.4, 0.5) is 0 Å². The summed E-state index contributed by atoms with van der Waals surface area (Å²) in [4.78, 5) is 18.2. The number of rotatable bonds is 5. The van der Waals surface area contributed by atoms with Gasteiger partial charge in [0.25, 0.3) is 5.91 Å². The Morgan fingerprint density at radius 3 is 2.68 bits per heavy atom. The second kappa shape index (κ2) is 10.4. The lowest BCUT2D eigenvalue weighted by Crippen LogP contribution is -2.40. The van der Waals surface area contributed by atoms with Gasteiger partial charge in [-0.25, -0.2) is 9.67 Å². The maximum absolute atomic E-state index is 13.3. The van der Waals surface area contributed by atoms with E-state index in [0.29, 0.717) is 18.0 Å². The number of aryl methyl sites for hydroxylation is 1. The molecule has 1 aromatic carbocycles. The molecule has 2 heterocycles. The minimum Gasteiger partial charge on any atom is -0.349 e. The van der Waals surface area contributed by atoms with Gasteiger partial charge in [0.2, 0.25) is 0 Å². The highest BCUT2D eigenvalue weighted by atomic mass is 35.5. The Labute approximate surface area is 195 Å². The van der Waals surface area contributed by atoms with Crippen molar-refractivity contribution in [2.24, 2.45) is 11.7 Å². The summed E-state index contributed by atoms with van der Waals surface area (Å²) in [6.45, 7) is 6.80. The molecule has 4 rings (SSSR count). The molecule has 6 nitrogen and oxygen atoms in total. The van der Waals surface area contributed by atoms with Crippen molar-refractivity contribution < 1.29 is 4.79 Å². The number of pyridine rings is 1. The van der Waals surface area contributed by atoms with Crippen LogP contribution in [0.15, 0.2) is 36.5 Å². The Hall–Kier alpha value is -2.15. The molecule has 8 heteroatoms. The summed E-state index contributed by atoms with van der Waals surface area (Å²) in [5.74, 6) is 0.284. The average molecular weight is 464 g/mol. The summed E-state index contributed by atoms with van der Waals surface area (Å²) in [7, 11) is 0. The van der Waals surface area contributed by atoms with Crippen LogP contribution in [-0.2, 0) is 0 Å². The van der Waals surface area contributed by atoms with E-state index in [1.54, 1.807) is 6.20 Å². The molecule has 0 saturated heterocycles. The van der Waals surface area contributed by atoms with Crippen molar-refractivity contribution in [1.29, 1.82) is 0 Å². The number of carbonyl (C=O) groups excluding carboxylic acids is 1. The van der Waals surface area contributed by atoms with Crippen molar-refractivity contribution in [3.05, 3.63) is 47.7 Å². The fraction of sp³-hybridized carbons (Fsp3) is 0.435. The number of halogens is 2. The van der Waals surface area contributed by atoms with E-state index < -0.39 is 0 Å². The molecule has 0 spiro atoms. The van der Waals surface area contributed by atoms with E-state index in [2.05, 4.69) is 37.3 Å². The van der Waals surface area contributed by atoms with E-state index in [-0.39, 0.29) is 42.8 Å². The van der Waals surface area contributed by atoms with E-state index in [1.807, 2.05) is 28.9 Å². The van der Waals surface area contributed by atoms with Crippen molar-refractivity contribution in [3.63, 3.8) is 0 Å². The molecule has 0 radical (unpaired) electrons.